The molecule has 0 aliphatic heterocycles. The number of carboxylic acid groups (broad SMARTS) is 1. The predicted octanol–water partition coefficient (Wildman–Crippen LogP) is 4.82. The van der Waals surface area contributed by atoms with Crippen LogP contribution in [0.3, 0.4) is 0 Å². The van der Waals surface area contributed by atoms with Gasteiger partial charge < -0.3 is 25.2 Å². The number of carbonyl (C=O) groups excluding carboxylic acids is 2. The molecule has 0 spiro atoms. The minimum atomic E-state index is -1.29. The molecule has 3 N–H and O–H groups in total. The van der Waals surface area contributed by atoms with Crippen molar-refractivity contribution in [3.8, 4) is 11.1 Å². The van der Waals surface area contributed by atoms with E-state index in [1.807, 2.05) is 73.0 Å². The molecule has 0 saturated heterocycles. The van der Waals surface area contributed by atoms with Gasteiger partial charge in [0.25, 0.3) is 0 Å². The van der Waals surface area contributed by atoms with E-state index in [0.717, 1.165) is 27.8 Å². The first-order valence-corrected chi connectivity index (χ1v) is 14.6. The Kier molecular flexibility index (Phi) is 10.2. The maximum Gasteiger partial charge on any atom is 0.407 e. The second-order valence-electron chi connectivity index (χ2n) is 9.63. The lowest BCUT2D eigenvalue weighted by atomic mass is 9.98. The summed E-state index contributed by atoms with van der Waals surface area (Å²) in [7, 11) is 0. The van der Waals surface area contributed by atoms with Crippen molar-refractivity contribution in [1.82, 2.24) is 10.6 Å². The van der Waals surface area contributed by atoms with E-state index in [9.17, 15) is 19.5 Å². The fraction of sp³-hybridized carbons (Fsp3) is 0.323. The first-order chi connectivity index (χ1) is 19.4. The highest BCUT2D eigenvalue weighted by atomic mass is 32.2. The number of hydrogen-bond donors (Lipinski definition) is 3. The fourth-order valence-electron chi connectivity index (χ4n) is 4.82. The van der Waals surface area contributed by atoms with Crippen LogP contribution in [0.15, 0.2) is 78.9 Å². The molecule has 0 bridgehead atoms. The van der Waals surface area contributed by atoms with Crippen LogP contribution in [0.5, 0.6) is 0 Å². The van der Waals surface area contributed by atoms with E-state index in [1.165, 1.54) is 11.8 Å². The Hall–Kier alpha value is -3.82. The third-order valence-corrected chi connectivity index (χ3v) is 7.60. The Morgan fingerprint density at radius 1 is 0.900 bits per heavy atom. The van der Waals surface area contributed by atoms with Gasteiger partial charge in [-0.15, -0.1) is 0 Å². The molecule has 0 unspecified atom stereocenters. The van der Waals surface area contributed by atoms with Crippen molar-refractivity contribution < 1.29 is 29.0 Å². The molecule has 210 valence electrons. The number of alkyl carbamates (subject to hydrolysis) is 1. The van der Waals surface area contributed by atoms with E-state index >= 15 is 0 Å². The largest absolute Gasteiger partial charge is 0.480 e. The minimum Gasteiger partial charge on any atom is -0.480 e. The predicted molar refractivity (Wildman–Crippen MR) is 155 cm³/mol. The van der Waals surface area contributed by atoms with Crippen molar-refractivity contribution >= 4 is 29.7 Å². The Balaban J connectivity index is 1.37. The molecule has 1 aliphatic rings. The zero-order valence-electron chi connectivity index (χ0n) is 22.5. The molecule has 9 heteroatoms. The van der Waals surface area contributed by atoms with Gasteiger partial charge in [0, 0.05) is 5.92 Å². The molecule has 0 radical (unpaired) electrons. The summed E-state index contributed by atoms with van der Waals surface area (Å²) < 4.78 is 11.3. The Bertz CT molecular complexity index is 1270. The van der Waals surface area contributed by atoms with Crippen LogP contribution in [0.2, 0.25) is 0 Å². The molecule has 4 rings (SSSR count). The summed E-state index contributed by atoms with van der Waals surface area (Å²) in [5.74, 6) is -1.36. The number of thioether (sulfide) groups is 1. The molecular weight excluding hydrogens is 528 g/mol. The number of carbonyl (C=O) groups is 3. The number of carboxylic acids is 1. The number of amides is 2. The summed E-state index contributed by atoms with van der Waals surface area (Å²) in [4.78, 5) is 38.0. The van der Waals surface area contributed by atoms with E-state index in [-0.39, 0.29) is 19.1 Å². The molecule has 0 saturated carbocycles. The molecule has 1 aliphatic carbocycles. The Morgan fingerprint density at radius 2 is 1.50 bits per heavy atom. The van der Waals surface area contributed by atoms with E-state index in [2.05, 4.69) is 22.8 Å². The fourth-order valence-corrected chi connectivity index (χ4v) is 5.29. The number of fused-ring (bicyclic) bond motifs is 3. The third-order valence-electron chi connectivity index (χ3n) is 6.95. The van der Waals surface area contributed by atoms with Crippen LogP contribution in [-0.2, 0) is 25.7 Å². The lowest BCUT2D eigenvalue weighted by molar-refractivity contribution is -0.146. The van der Waals surface area contributed by atoms with Gasteiger partial charge in [0.15, 0.2) is 6.04 Å². The van der Waals surface area contributed by atoms with Gasteiger partial charge in [0.05, 0.1) is 12.7 Å². The number of ether oxygens (including phenoxy) is 2. The number of aliphatic carboxylic acids is 1. The minimum absolute atomic E-state index is 0.110. The topological polar surface area (TPSA) is 114 Å². The number of rotatable bonds is 13. The standard InChI is InChI=1S/C31H34N2O6S/c1-20(38-18-21-10-4-3-5-11-21)28(30(35)36)33-29(34)27(16-17-40-2)32-31(37)39-19-26-24-14-8-6-12-22(24)23-13-7-9-15-25(23)26/h3-15,20,26-28H,16-19H2,1-2H3,(H,32,37)(H,33,34)(H,35,36)/t20-,27-,28+/m0/s1. The summed E-state index contributed by atoms with van der Waals surface area (Å²) in [5, 5.41) is 15.0. The highest BCUT2D eigenvalue weighted by Gasteiger charge is 2.32. The van der Waals surface area contributed by atoms with Crippen molar-refractivity contribution in [3.63, 3.8) is 0 Å². The van der Waals surface area contributed by atoms with Gasteiger partial charge >= 0.3 is 12.1 Å². The summed E-state index contributed by atoms with van der Waals surface area (Å²) >= 11 is 1.52. The van der Waals surface area contributed by atoms with Gasteiger partial charge in [-0.25, -0.2) is 9.59 Å². The van der Waals surface area contributed by atoms with E-state index in [1.54, 1.807) is 6.92 Å². The first kappa shape index (κ1) is 29.2. The monoisotopic (exact) mass is 562 g/mol. The highest BCUT2D eigenvalue weighted by Crippen LogP contribution is 2.44. The molecule has 8 nitrogen and oxygen atoms in total. The van der Waals surface area contributed by atoms with Crippen molar-refractivity contribution in [3.05, 3.63) is 95.6 Å². The molecule has 0 heterocycles. The molecular formula is C31H34N2O6S. The zero-order chi connectivity index (χ0) is 28.5. The van der Waals surface area contributed by atoms with Crippen molar-refractivity contribution in [2.75, 3.05) is 18.6 Å². The first-order valence-electron chi connectivity index (χ1n) is 13.2. The Labute approximate surface area is 238 Å². The number of hydrogen-bond acceptors (Lipinski definition) is 6. The normalized spacial score (nSPS) is 14.3. The van der Waals surface area contributed by atoms with Gasteiger partial charge in [0.1, 0.15) is 12.6 Å². The number of nitrogens with one attached hydrogen (secondary N) is 2. The zero-order valence-corrected chi connectivity index (χ0v) is 23.4. The van der Waals surface area contributed by atoms with Crippen molar-refractivity contribution in [2.45, 2.75) is 44.1 Å². The number of benzene rings is 3. The van der Waals surface area contributed by atoms with Gasteiger partial charge in [-0.05, 0) is 53.2 Å². The van der Waals surface area contributed by atoms with Crippen LogP contribution in [0.4, 0.5) is 4.79 Å². The van der Waals surface area contributed by atoms with Crippen LogP contribution in [0, 0.1) is 0 Å². The summed E-state index contributed by atoms with van der Waals surface area (Å²) in [6, 6.07) is 23.2. The maximum absolute atomic E-state index is 13.2. The van der Waals surface area contributed by atoms with E-state index in [4.69, 9.17) is 9.47 Å². The van der Waals surface area contributed by atoms with E-state index in [0.29, 0.717) is 12.2 Å². The van der Waals surface area contributed by atoms with Crippen LogP contribution in [0.25, 0.3) is 11.1 Å². The SMILES string of the molecule is CSCC[C@H](NC(=O)OCC1c2ccccc2-c2ccccc21)C(=O)N[C@@H](C(=O)O)[C@H](C)OCc1ccccc1. The maximum atomic E-state index is 13.2. The van der Waals surface area contributed by atoms with Crippen molar-refractivity contribution in [1.29, 1.82) is 0 Å². The van der Waals surface area contributed by atoms with Crippen molar-refractivity contribution in [2.24, 2.45) is 0 Å². The van der Waals surface area contributed by atoms with Crippen LogP contribution in [-0.4, -0.2) is 59.9 Å². The highest BCUT2D eigenvalue weighted by molar-refractivity contribution is 7.98. The van der Waals surface area contributed by atoms with Gasteiger partial charge in [-0.2, -0.15) is 11.8 Å². The average Bonchev–Trinajstić information content (AvgIpc) is 3.29. The molecule has 3 aromatic rings. The molecule has 0 fully saturated rings. The molecule has 40 heavy (non-hydrogen) atoms. The quantitative estimate of drug-likeness (QED) is 0.274. The molecule has 0 aromatic heterocycles. The molecule has 3 aromatic carbocycles. The third kappa shape index (κ3) is 7.22. The molecule has 3 atom stereocenters. The summed E-state index contributed by atoms with van der Waals surface area (Å²) in [6.45, 7) is 1.91. The summed E-state index contributed by atoms with van der Waals surface area (Å²) in [6.07, 6.45) is 0.658. The van der Waals surface area contributed by atoms with Gasteiger partial charge in [0.2, 0.25) is 5.91 Å². The Morgan fingerprint density at radius 3 is 2.10 bits per heavy atom. The van der Waals surface area contributed by atoms with E-state index < -0.39 is 36.2 Å². The lowest BCUT2D eigenvalue weighted by Gasteiger charge is -2.25. The summed E-state index contributed by atoms with van der Waals surface area (Å²) in [5.41, 5.74) is 5.30. The van der Waals surface area contributed by atoms with Crippen LogP contribution < -0.4 is 10.6 Å². The van der Waals surface area contributed by atoms with Crippen LogP contribution >= 0.6 is 11.8 Å². The smallest absolute Gasteiger partial charge is 0.407 e. The average molecular weight is 563 g/mol. The lowest BCUT2D eigenvalue weighted by Crippen LogP contribution is -2.55. The second kappa shape index (κ2) is 14.0. The molecule has 2 amide bonds. The van der Waals surface area contributed by atoms with Crippen LogP contribution in [0.1, 0.15) is 36.0 Å². The van der Waals surface area contributed by atoms with Gasteiger partial charge in [-0.1, -0.05) is 78.9 Å². The second-order valence-corrected chi connectivity index (χ2v) is 10.6. The van der Waals surface area contributed by atoms with Gasteiger partial charge in [-0.3, -0.25) is 4.79 Å².